The first-order valence-electron chi connectivity index (χ1n) is 9.72. The summed E-state index contributed by atoms with van der Waals surface area (Å²) < 4.78 is 6.20. The second-order valence-corrected chi connectivity index (χ2v) is 8.25. The van der Waals surface area contributed by atoms with Crippen molar-refractivity contribution in [1.82, 2.24) is 10.2 Å². The summed E-state index contributed by atoms with van der Waals surface area (Å²) in [6.07, 6.45) is 0.713. The Labute approximate surface area is 173 Å². The molecular formula is C20H24ClN3O5. The number of likely N-dealkylation sites (tertiary alicyclic amines) is 1. The predicted octanol–water partition coefficient (Wildman–Crippen LogP) is 0.700. The fraction of sp³-hybridized carbons (Fsp3) is 0.550. The van der Waals surface area contributed by atoms with Gasteiger partial charge in [0.15, 0.2) is 0 Å². The van der Waals surface area contributed by atoms with Crippen LogP contribution in [0.2, 0.25) is 5.02 Å². The number of aryl methyl sites for hydroxylation is 1. The van der Waals surface area contributed by atoms with Gasteiger partial charge in [0.1, 0.15) is 11.6 Å². The normalized spacial score (nSPS) is 32.4. The summed E-state index contributed by atoms with van der Waals surface area (Å²) >= 11 is 6.26. The zero-order valence-corrected chi connectivity index (χ0v) is 17.0. The highest BCUT2D eigenvalue weighted by molar-refractivity contribution is 6.34. The number of ether oxygens (including phenoxy) is 1. The van der Waals surface area contributed by atoms with Crippen molar-refractivity contribution in [3.8, 4) is 0 Å². The van der Waals surface area contributed by atoms with Gasteiger partial charge in [-0.15, -0.1) is 0 Å². The number of hydrogen-bond acceptors (Lipinski definition) is 5. The number of aliphatic hydroxyl groups excluding tert-OH is 1. The SMILES string of the molecule is CNC(=O)[C@@H]1[C@@H]2CCC3(O2)C(C(=O)Nc2c(C)cccc2Cl)N(CCO)C(=O)[C@H]13. The average molecular weight is 422 g/mol. The molecule has 3 amide bonds. The molecular weight excluding hydrogens is 398 g/mol. The first-order valence-corrected chi connectivity index (χ1v) is 10.1. The van der Waals surface area contributed by atoms with E-state index in [0.717, 1.165) is 5.56 Å². The van der Waals surface area contributed by atoms with Crippen molar-refractivity contribution in [3.63, 3.8) is 0 Å². The van der Waals surface area contributed by atoms with Gasteiger partial charge in [-0.25, -0.2) is 0 Å². The van der Waals surface area contributed by atoms with Crippen LogP contribution in [0.5, 0.6) is 0 Å². The van der Waals surface area contributed by atoms with Gasteiger partial charge < -0.3 is 25.4 Å². The number of hydrogen-bond donors (Lipinski definition) is 3. The maximum absolute atomic E-state index is 13.4. The van der Waals surface area contributed by atoms with Crippen LogP contribution in [-0.2, 0) is 19.1 Å². The molecule has 29 heavy (non-hydrogen) atoms. The van der Waals surface area contributed by atoms with Crippen LogP contribution in [0.4, 0.5) is 5.69 Å². The van der Waals surface area contributed by atoms with E-state index >= 15 is 0 Å². The van der Waals surface area contributed by atoms with E-state index < -0.39 is 35.5 Å². The van der Waals surface area contributed by atoms with E-state index in [1.807, 2.05) is 13.0 Å². The highest BCUT2D eigenvalue weighted by Gasteiger charge is 2.74. The molecule has 2 unspecified atom stereocenters. The minimum Gasteiger partial charge on any atom is -0.395 e. The lowest BCUT2D eigenvalue weighted by Crippen LogP contribution is -2.53. The van der Waals surface area contributed by atoms with Gasteiger partial charge >= 0.3 is 0 Å². The largest absolute Gasteiger partial charge is 0.395 e. The van der Waals surface area contributed by atoms with Gasteiger partial charge in [0.05, 0.1) is 35.3 Å². The number of carbonyl (C=O) groups is 3. The van der Waals surface area contributed by atoms with E-state index in [2.05, 4.69) is 10.6 Å². The molecule has 8 nitrogen and oxygen atoms in total. The number of para-hydroxylation sites is 1. The first kappa shape index (κ1) is 20.1. The molecule has 3 aliphatic rings. The molecule has 4 rings (SSSR count). The Morgan fingerprint density at radius 1 is 1.38 bits per heavy atom. The van der Waals surface area contributed by atoms with Gasteiger partial charge in [-0.05, 0) is 31.4 Å². The van der Waals surface area contributed by atoms with Gasteiger partial charge in [-0.3, -0.25) is 14.4 Å². The summed E-state index contributed by atoms with van der Waals surface area (Å²) in [6.45, 7) is 1.52. The molecule has 0 aliphatic carbocycles. The third-order valence-electron chi connectivity index (χ3n) is 6.41. The third-order valence-corrected chi connectivity index (χ3v) is 6.72. The lowest BCUT2D eigenvalue weighted by atomic mass is 9.70. The predicted molar refractivity (Wildman–Crippen MR) is 105 cm³/mol. The summed E-state index contributed by atoms with van der Waals surface area (Å²) in [4.78, 5) is 40.5. The number of halogens is 1. The van der Waals surface area contributed by atoms with Crippen LogP contribution in [-0.4, -0.2) is 65.7 Å². The zero-order valence-electron chi connectivity index (χ0n) is 16.3. The van der Waals surface area contributed by atoms with Gasteiger partial charge in [0, 0.05) is 13.6 Å². The fourth-order valence-corrected chi connectivity index (χ4v) is 5.52. The molecule has 1 aromatic carbocycles. The Bertz CT molecular complexity index is 857. The second-order valence-electron chi connectivity index (χ2n) is 7.85. The monoisotopic (exact) mass is 421 g/mol. The van der Waals surface area contributed by atoms with Gasteiger partial charge in [0.25, 0.3) is 0 Å². The van der Waals surface area contributed by atoms with Crippen LogP contribution in [0, 0.1) is 18.8 Å². The topological polar surface area (TPSA) is 108 Å². The lowest BCUT2D eigenvalue weighted by Gasteiger charge is -2.33. The number of fused-ring (bicyclic) bond motifs is 1. The highest BCUT2D eigenvalue weighted by Crippen LogP contribution is 2.58. The summed E-state index contributed by atoms with van der Waals surface area (Å²) in [5, 5.41) is 15.4. The van der Waals surface area contributed by atoms with E-state index in [1.165, 1.54) is 11.9 Å². The van der Waals surface area contributed by atoms with E-state index in [-0.39, 0.29) is 25.0 Å². The fourth-order valence-electron chi connectivity index (χ4n) is 5.25. The van der Waals surface area contributed by atoms with Crippen LogP contribution >= 0.6 is 11.6 Å². The maximum Gasteiger partial charge on any atom is 0.250 e. The molecule has 3 N–H and O–H groups in total. The first-order chi connectivity index (χ1) is 13.9. The molecule has 9 heteroatoms. The van der Waals surface area contributed by atoms with E-state index in [1.54, 1.807) is 12.1 Å². The molecule has 156 valence electrons. The van der Waals surface area contributed by atoms with Crippen LogP contribution in [0.1, 0.15) is 18.4 Å². The lowest BCUT2D eigenvalue weighted by molar-refractivity contribution is -0.141. The molecule has 0 radical (unpaired) electrons. The molecule has 3 aliphatic heterocycles. The molecule has 0 saturated carbocycles. The summed E-state index contributed by atoms with van der Waals surface area (Å²) in [6, 6.07) is 4.35. The number of carbonyl (C=O) groups excluding carboxylic acids is 3. The number of aliphatic hydroxyl groups is 1. The van der Waals surface area contributed by atoms with E-state index in [9.17, 15) is 19.5 Å². The number of benzene rings is 1. The molecule has 5 atom stereocenters. The summed E-state index contributed by atoms with van der Waals surface area (Å²) in [5.74, 6) is -2.39. The van der Waals surface area contributed by atoms with Crippen molar-refractivity contribution in [2.75, 3.05) is 25.5 Å². The maximum atomic E-state index is 13.4. The quantitative estimate of drug-likeness (QED) is 0.648. The van der Waals surface area contributed by atoms with Crippen LogP contribution in [0.25, 0.3) is 0 Å². The zero-order chi connectivity index (χ0) is 20.9. The molecule has 3 heterocycles. The van der Waals surface area contributed by atoms with Crippen LogP contribution < -0.4 is 10.6 Å². The smallest absolute Gasteiger partial charge is 0.250 e. The molecule has 0 aromatic heterocycles. The molecule has 1 aromatic rings. The number of anilines is 1. The number of nitrogens with zero attached hydrogens (tertiary/aromatic N) is 1. The van der Waals surface area contributed by atoms with Crippen LogP contribution in [0.3, 0.4) is 0 Å². The molecule has 3 saturated heterocycles. The molecule has 1 spiro atoms. The van der Waals surface area contributed by atoms with Crippen molar-refractivity contribution in [3.05, 3.63) is 28.8 Å². The minimum absolute atomic E-state index is 0.00877. The number of β-amino-alcohol motifs (C(OH)–C–C–N with tert-alkyl or cyclic N) is 1. The van der Waals surface area contributed by atoms with Crippen molar-refractivity contribution in [2.45, 2.75) is 37.5 Å². The minimum atomic E-state index is -1.08. The summed E-state index contributed by atoms with van der Waals surface area (Å²) in [5.41, 5.74) is 0.191. The number of rotatable bonds is 5. The Morgan fingerprint density at radius 2 is 2.14 bits per heavy atom. The van der Waals surface area contributed by atoms with Gasteiger partial charge in [0.2, 0.25) is 17.7 Å². The summed E-state index contributed by atoms with van der Waals surface area (Å²) in [7, 11) is 1.52. The molecule has 2 bridgehead atoms. The van der Waals surface area contributed by atoms with Crippen LogP contribution in [0.15, 0.2) is 18.2 Å². The Kier molecular flexibility index (Phi) is 5.04. The van der Waals surface area contributed by atoms with Crippen molar-refractivity contribution in [2.24, 2.45) is 11.8 Å². The van der Waals surface area contributed by atoms with Crippen molar-refractivity contribution < 1.29 is 24.2 Å². The Balaban J connectivity index is 1.72. The highest BCUT2D eigenvalue weighted by atomic mass is 35.5. The average Bonchev–Trinajstić information content (AvgIpc) is 3.32. The third kappa shape index (κ3) is 2.85. The standard InChI is InChI=1S/C20H24ClN3O5/c1-10-4-3-5-11(21)15(10)23-18(27)16-20-7-6-12(29-20)13(17(26)22-2)14(20)19(28)24(16)8-9-25/h3-5,12-14,16,25H,6-9H2,1-2H3,(H,22,26)(H,23,27)/t12-,13+,14-,16?,20?/m0/s1. The second kappa shape index (κ2) is 7.27. The van der Waals surface area contributed by atoms with Gasteiger partial charge in [-0.2, -0.15) is 0 Å². The van der Waals surface area contributed by atoms with Crippen molar-refractivity contribution >= 4 is 35.0 Å². The molecule has 3 fully saturated rings. The number of amides is 3. The Morgan fingerprint density at radius 3 is 2.79 bits per heavy atom. The van der Waals surface area contributed by atoms with E-state index in [4.69, 9.17) is 16.3 Å². The number of nitrogens with one attached hydrogen (secondary N) is 2. The van der Waals surface area contributed by atoms with Crippen molar-refractivity contribution in [1.29, 1.82) is 0 Å². The Hall–Kier alpha value is -2.16. The van der Waals surface area contributed by atoms with E-state index in [0.29, 0.717) is 23.6 Å². The van der Waals surface area contributed by atoms with Gasteiger partial charge in [-0.1, -0.05) is 23.7 Å².